The summed E-state index contributed by atoms with van der Waals surface area (Å²) in [6, 6.07) is 15.3. The number of ketones is 2. The highest BCUT2D eigenvalue weighted by Gasteiger charge is 2.38. The van der Waals surface area contributed by atoms with Crippen LogP contribution in [-0.2, 0) is 9.59 Å². The molecule has 0 heterocycles. The van der Waals surface area contributed by atoms with Crippen LogP contribution in [0.5, 0.6) is 11.5 Å². The zero-order valence-electron chi connectivity index (χ0n) is 32.5. The largest absolute Gasteiger partial charge is 0.507 e. The Hall–Kier alpha value is -6.02. The number of aliphatic hydroxyl groups is 2. The topological polar surface area (TPSA) is 139 Å². The van der Waals surface area contributed by atoms with Gasteiger partial charge in [0.2, 0.25) is 11.6 Å². The van der Waals surface area contributed by atoms with E-state index in [0.717, 1.165) is 33.6 Å². The SMILES string of the molecule is Cc1cccc(C)c1N/C=C1\C(=O)C(O)=C(C(C)C)c2cc(C)c(-c3c(C)cc4c(c3O)/C(=C\Nc3c(C)cccc3C)C(=O)C(O)=C4C(C)C)c(O)c21. The third kappa shape index (κ3) is 6.05. The minimum Gasteiger partial charge on any atom is -0.507 e. The van der Waals surface area contributed by atoms with E-state index in [1.54, 1.807) is 13.8 Å². The number of rotatable bonds is 7. The first-order chi connectivity index (χ1) is 25.5. The Morgan fingerprint density at radius 3 is 1.11 bits per heavy atom. The van der Waals surface area contributed by atoms with Crippen molar-refractivity contribution >= 4 is 45.2 Å². The summed E-state index contributed by atoms with van der Waals surface area (Å²) in [5.41, 5.74) is 9.52. The van der Waals surface area contributed by atoms with Crippen LogP contribution in [0.25, 0.3) is 33.4 Å². The fourth-order valence-corrected chi connectivity index (χ4v) is 8.00. The van der Waals surface area contributed by atoms with Crippen LogP contribution in [0.4, 0.5) is 11.4 Å². The maximum atomic E-state index is 14.0. The molecular weight excluding hydrogens is 677 g/mol. The van der Waals surface area contributed by atoms with Gasteiger partial charge in [0, 0.05) is 57.2 Å². The maximum absolute atomic E-state index is 14.0. The average molecular weight is 725 g/mol. The van der Waals surface area contributed by atoms with Crippen molar-refractivity contribution in [1.29, 1.82) is 0 Å². The summed E-state index contributed by atoms with van der Waals surface area (Å²) in [5, 5.41) is 54.0. The van der Waals surface area contributed by atoms with Gasteiger partial charge < -0.3 is 31.1 Å². The Morgan fingerprint density at radius 1 is 0.500 bits per heavy atom. The predicted molar refractivity (Wildman–Crippen MR) is 219 cm³/mol. The molecule has 8 nitrogen and oxygen atoms in total. The van der Waals surface area contributed by atoms with Crippen LogP contribution in [-0.4, -0.2) is 32.0 Å². The van der Waals surface area contributed by atoms with Gasteiger partial charge in [0.25, 0.3) is 0 Å². The van der Waals surface area contributed by atoms with Crippen LogP contribution in [0.1, 0.15) is 83.3 Å². The average Bonchev–Trinajstić information content (AvgIpc) is 3.08. The number of nitrogens with one attached hydrogen (secondary N) is 2. The van der Waals surface area contributed by atoms with E-state index < -0.39 is 11.6 Å². The predicted octanol–water partition coefficient (Wildman–Crippen LogP) is 10.5. The number of fused-ring (bicyclic) bond motifs is 2. The summed E-state index contributed by atoms with van der Waals surface area (Å²) >= 11 is 0. The van der Waals surface area contributed by atoms with Crippen LogP contribution >= 0.6 is 0 Å². The summed E-state index contributed by atoms with van der Waals surface area (Å²) in [4.78, 5) is 28.0. The van der Waals surface area contributed by atoms with Crippen molar-refractivity contribution in [2.75, 3.05) is 10.6 Å². The third-order valence-electron chi connectivity index (χ3n) is 10.6. The normalized spacial score (nSPS) is 15.9. The number of aliphatic hydroxyl groups excluding tert-OH is 2. The molecule has 6 rings (SSSR count). The van der Waals surface area contributed by atoms with Crippen molar-refractivity contribution < 1.29 is 30.0 Å². The zero-order valence-corrected chi connectivity index (χ0v) is 32.5. The van der Waals surface area contributed by atoms with Crippen molar-refractivity contribution in [3.8, 4) is 22.6 Å². The number of hydrogen-bond donors (Lipinski definition) is 6. The summed E-state index contributed by atoms with van der Waals surface area (Å²) < 4.78 is 0. The van der Waals surface area contributed by atoms with Crippen molar-refractivity contribution in [1.82, 2.24) is 0 Å². The molecule has 4 aromatic carbocycles. The first-order valence-electron chi connectivity index (χ1n) is 18.2. The summed E-state index contributed by atoms with van der Waals surface area (Å²) in [6.45, 7) is 18.9. The Labute approximate surface area is 316 Å². The molecule has 278 valence electrons. The molecule has 0 aliphatic heterocycles. The molecule has 2 aliphatic rings. The molecule has 0 unspecified atom stereocenters. The number of phenolic OH excluding ortho intramolecular Hbond substituents is 2. The van der Waals surface area contributed by atoms with E-state index in [-0.39, 0.29) is 68.3 Å². The lowest BCUT2D eigenvalue weighted by atomic mass is 9.75. The second-order valence-electron chi connectivity index (χ2n) is 15.1. The molecule has 54 heavy (non-hydrogen) atoms. The van der Waals surface area contributed by atoms with E-state index >= 15 is 0 Å². The number of aromatic hydroxyl groups is 2. The van der Waals surface area contributed by atoms with Crippen LogP contribution in [0.15, 0.2) is 72.4 Å². The van der Waals surface area contributed by atoms with Gasteiger partial charge in [0.15, 0.2) is 11.5 Å². The molecular formula is C46H48N2O6. The number of aryl methyl sites for hydroxylation is 6. The summed E-state index contributed by atoms with van der Waals surface area (Å²) in [5.74, 6) is -3.08. The molecule has 0 bridgehead atoms. The molecule has 0 fully saturated rings. The van der Waals surface area contributed by atoms with Crippen LogP contribution in [0.3, 0.4) is 0 Å². The van der Waals surface area contributed by atoms with Gasteiger partial charge in [-0.3, -0.25) is 9.59 Å². The highest BCUT2D eigenvalue weighted by molar-refractivity contribution is 6.35. The number of carbonyl (C=O) groups excluding carboxylic acids is 2. The van der Waals surface area contributed by atoms with E-state index in [1.165, 1.54) is 12.4 Å². The van der Waals surface area contributed by atoms with Gasteiger partial charge in [-0.2, -0.15) is 0 Å². The van der Waals surface area contributed by atoms with Gasteiger partial charge in [-0.15, -0.1) is 0 Å². The molecule has 0 saturated heterocycles. The van der Waals surface area contributed by atoms with Gasteiger partial charge in [-0.25, -0.2) is 0 Å². The number of para-hydroxylation sites is 2. The molecule has 0 spiro atoms. The number of benzene rings is 4. The molecule has 8 heteroatoms. The highest BCUT2D eigenvalue weighted by atomic mass is 16.3. The Kier molecular flexibility index (Phi) is 9.84. The Balaban J connectivity index is 1.65. The summed E-state index contributed by atoms with van der Waals surface area (Å²) in [6.07, 6.45) is 3.03. The highest BCUT2D eigenvalue weighted by Crippen LogP contribution is 2.53. The molecule has 0 saturated carbocycles. The van der Waals surface area contributed by atoms with E-state index in [1.807, 2.05) is 104 Å². The number of Topliss-reactive ketones (excluding diaryl/α,β-unsaturated/α-hetero) is 2. The Bertz CT molecular complexity index is 2210. The zero-order chi connectivity index (χ0) is 39.5. The van der Waals surface area contributed by atoms with Gasteiger partial charge in [-0.1, -0.05) is 76.2 Å². The number of allylic oxidation sites excluding steroid dienone is 4. The fourth-order valence-electron chi connectivity index (χ4n) is 8.00. The van der Waals surface area contributed by atoms with E-state index in [2.05, 4.69) is 10.6 Å². The van der Waals surface area contributed by atoms with E-state index in [9.17, 15) is 30.0 Å². The number of anilines is 2. The molecule has 0 radical (unpaired) electrons. The van der Waals surface area contributed by atoms with Crippen LogP contribution in [0, 0.1) is 53.4 Å². The smallest absolute Gasteiger partial charge is 0.229 e. The molecule has 0 aromatic heterocycles. The molecule has 6 N–H and O–H groups in total. The standard InChI is InChI=1S/C46H48N2O6/c1-21(2)33-29-17-27(9)35(43(51)37(29)31(41(49)45(33)53)19-47-39-23(5)13-11-14-24(39)6)36-28(10)18-30-34(22(3)4)46(54)42(50)32(38(30)44(36)52)20-48-40-25(7)15-12-16-26(40)8/h11-22,47-48,51-54H,1-10H3/b31-19-,32-20+. The first kappa shape index (κ1) is 37.7. The lowest BCUT2D eigenvalue weighted by Gasteiger charge is -2.29. The van der Waals surface area contributed by atoms with Crippen molar-refractivity contribution in [2.24, 2.45) is 11.8 Å². The van der Waals surface area contributed by atoms with Crippen molar-refractivity contribution in [3.05, 3.63) is 128 Å². The van der Waals surface area contributed by atoms with Gasteiger partial charge in [0.1, 0.15) is 11.5 Å². The maximum Gasteiger partial charge on any atom is 0.229 e. The van der Waals surface area contributed by atoms with Crippen molar-refractivity contribution in [3.63, 3.8) is 0 Å². The van der Waals surface area contributed by atoms with Gasteiger partial charge >= 0.3 is 0 Å². The minimum absolute atomic E-state index is 0.0620. The van der Waals surface area contributed by atoms with E-state index in [4.69, 9.17) is 0 Å². The lowest BCUT2D eigenvalue weighted by molar-refractivity contribution is -0.113. The second-order valence-corrected chi connectivity index (χ2v) is 15.1. The minimum atomic E-state index is -0.642. The second kappa shape index (κ2) is 14.1. The molecule has 2 aliphatic carbocycles. The monoisotopic (exact) mass is 724 g/mol. The fraction of sp³-hybridized carbons (Fsp3) is 0.261. The van der Waals surface area contributed by atoms with Gasteiger partial charge in [-0.05, 0) is 97.9 Å². The Morgan fingerprint density at radius 2 is 0.815 bits per heavy atom. The van der Waals surface area contributed by atoms with Crippen LogP contribution in [0.2, 0.25) is 0 Å². The number of phenols is 2. The van der Waals surface area contributed by atoms with Gasteiger partial charge in [0.05, 0.1) is 11.1 Å². The van der Waals surface area contributed by atoms with Crippen molar-refractivity contribution in [2.45, 2.75) is 69.2 Å². The number of carbonyl (C=O) groups is 2. The molecule has 0 atom stereocenters. The number of hydrogen-bond acceptors (Lipinski definition) is 8. The first-order valence-corrected chi connectivity index (χ1v) is 18.2. The molecule has 0 amide bonds. The van der Waals surface area contributed by atoms with Crippen LogP contribution < -0.4 is 10.6 Å². The quantitative estimate of drug-likeness (QED) is 0.104. The van der Waals surface area contributed by atoms with E-state index in [0.29, 0.717) is 33.4 Å². The molecule has 4 aromatic rings. The summed E-state index contributed by atoms with van der Waals surface area (Å²) in [7, 11) is 0. The lowest BCUT2D eigenvalue weighted by Crippen LogP contribution is -2.20. The third-order valence-corrected chi connectivity index (χ3v) is 10.6.